The first-order valence-corrected chi connectivity index (χ1v) is 6.08. The third-order valence-electron chi connectivity index (χ3n) is 3.49. The molecule has 0 radical (unpaired) electrons. The molecule has 1 heterocycles. The maximum absolute atomic E-state index is 6.48. The lowest BCUT2D eigenvalue weighted by atomic mass is 9.81. The van der Waals surface area contributed by atoms with Crippen LogP contribution in [-0.2, 0) is 6.42 Å². The third kappa shape index (κ3) is 3.10. The molecule has 0 amide bonds. The third-order valence-corrected chi connectivity index (χ3v) is 3.49. The monoisotopic (exact) mass is 207 g/mol. The summed E-state index contributed by atoms with van der Waals surface area (Å²) in [5, 5.41) is 0. The van der Waals surface area contributed by atoms with Crippen LogP contribution < -0.4 is 5.73 Å². The second-order valence-electron chi connectivity index (χ2n) is 4.94. The predicted octanol–water partition coefficient (Wildman–Crippen LogP) is 3.26. The van der Waals surface area contributed by atoms with Crippen molar-refractivity contribution in [3.05, 3.63) is 24.2 Å². The van der Waals surface area contributed by atoms with E-state index in [-0.39, 0.29) is 5.54 Å². The highest BCUT2D eigenvalue weighted by atomic mass is 16.3. The van der Waals surface area contributed by atoms with Crippen molar-refractivity contribution in [2.45, 2.75) is 56.9 Å². The van der Waals surface area contributed by atoms with Gasteiger partial charge in [0.2, 0.25) is 0 Å². The van der Waals surface area contributed by atoms with E-state index >= 15 is 0 Å². The van der Waals surface area contributed by atoms with Crippen LogP contribution in [0.1, 0.15) is 50.5 Å². The largest absolute Gasteiger partial charge is 0.472 e. The Morgan fingerprint density at radius 2 is 1.80 bits per heavy atom. The summed E-state index contributed by atoms with van der Waals surface area (Å²) < 4.78 is 5.10. The summed E-state index contributed by atoms with van der Waals surface area (Å²) in [5.41, 5.74) is 7.74. The zero-order valence-electron chi connectivity index (χ0n) is 9.37. The lowest BCUT2D eigenvalue weighted by molar-refractivity contribution is 0.314. The summed E-state index contributed by atoms with van der Waals surface area (Å²) in [6, 6.07) is 2.04. The molecule has 1 fully saturated rings. The molecule has 2 nitrogen and oxygen atoms in total. The van der Waals surface area contributed by atoms with Crippen LogP contribution in [-0.4, -0.2) is 5.54 Å². The van der Waals surface area contributed by atoms with Gasteiger partial charge in [-0.15, -0.1) is 0 Å². The van der Waals surface area contributed by atoms with E-state index in [9.17, 15) is 0 Å². The van der Waals surface area contributed by atoms with Gasteiger partial charge in [-0.2, -0.15) is 0 Å². The highest BCUT2D eigenvalue weighted by Crippen LogP contribution is 2.27. The Balaban J connectivity index is 1.96. The second kappa shape index (κ2) is 4.84. The minimum absolute atomic E-state index is 0.0181. The maximum atomic E-state index is 6.48. The summed E-state index contributed by atoms with van der Waals surface area (Å²) in [4.78, 5) is 0. The maximum Gasteiger partial charge on any atom is 0.0935 e. The molecule has 2 N–H and O–H groups in total. The van der Waals surface area contributed by atoms with E-state index in [1.165, 1.54) is 37.7 Å². The highest BCUT2D eigenvalue weighted by molar-refractivity contribution is 5.10. The van der Waals surface area contributed by atoms with Gasteiger partial charge < -0.3 is 10.2 Å². The van der Waals surface area contributed by atoms with Crippen molar-refractivity contribution in [2.75, 3.05) is 0 Å². The fraction of sp³-hybridized carbons (Fsp3) is 0.692. The lowest BCUT2D eigenvalue weighted by Gasteiger charge is -2.31. The first-order valence-electron chi connectivity index (χ1n) is 6.08. The van der Waals surface area contributed by atoms with Crippen LogP contribution >= 0.6 is 0 Å². The van der Waals surface area contributed by atoms with E-state index in [0.29, 0.717) is 0 Å². The summed E-state index contributed by atoms with van der Waals surface area (Å²) in [5.74, 6) is 0. The van der Waals surface area contributed by atoms with Gasteiger partial charge in [-0.1, -0.05) is 32.1 Å². The number of rotatable bonds is 2. The molecule has 0 unspecified atom stereocenters. The Morgan fingerprint density at radius 3 is 2.40 bits per heavy atom. The molecule has 2 heteroatoms. The molecule has 1 aliphatic rings. The number of hydrogen-bond acceptors (Lipinski definition) is 2. The molecule has 2 rings (SSSR count). The molecule has 0 saturated heterocycles. The summed E-state index contributed by atoms with van der Waals surface area (Å²) in [7, 11) is 0. The number of hydrogen-bond donors (Lipinski definition) is 1. The summed E-state index contributed by atoms with van der Waals surface area (Å²) >= 11 is 0. The zero-order chi connectivity index (χ0) is 10.6. The number of nitrogens with two attached hydrogens (primary N) is 1. The molecule has 0 atom stereocenters. The smallest absolute Gasteiger partial charge is 0.0935 e. The first kappa shape index (κ1) is 10.7. The minimum Gasteiger partial charge on any atom is -0.472 e. The van der Waals surface area contributed by atoms with E-state index < -0.39 is 0 Å². The van der Waals surface area contributed by atoms with E-state index in [1.54, 1.807) is 6.26 Å². The zero-order valence-corrected chi connectivity index (χ0v) is 9.37. The predicted molar refractivity (Wildman–Crippen MR) is 61.6 cm³/mol. The van der Waals surface area contributed by atoms with Crippen molar-refractivity contribution < 1.29 is 4.42 Å². The standard InChI is InChI=1S/C13H21NO/c14-13(10-12-6-9-15-11-12)7-4-2-1-3-5-8-13/h6,9,11H,1-5,7-8,10,14H2. The average molecular weight is 207 g/mol. The van der Waals surface area contributed by atoms with E-state index in [4.69, 9.17) is 10.2 Å². The molecule has 1 saturated carbocycles. The van der Waals surface area contributed by atoms with E-state index in [2.05, 4.69) is 0 Å². The Morgan fingerprint density at radius 1 is 1.13 bits per heavy atom. The van der Waals surface area contributed by atoms with Crippen LogP contribution in [0, 0.1) is 0 Å². The van der Waals surface area contributed by atoms with E-state index in [1.807, 2.05) is 12.3 Å². The van der Waals surface area contributed by atoms with E-state index in [0.717, 1.165) is 19.3 Å². The SMILES string of the molecule is NC1(Cc2ccoc2)CCCCCCC1. The second-order valence-corrected chi connectivity index (χ2v) is 4.94. The van der Waals surface area contributed by atoms with Gasteiger partial charge in [0, 0.05) is 5.54 Å². The molecule has 84 valence electrons. The molecular weight excluding hydrogens is 186 g/mol. The van der Waals surface area contributed by atoms with Crippen molar-refractivity contribution in [1.29, 1.82) is 0 Å². The quantitative estimate of drug-likeness (QED) is 0.808. The normalized spacial score (nSPS) is 21.9. The molecule has 15 heavy (non-hydrogen) atoms. The van der Waals surface area contributed by atoms with Gasteiger partial charge in [-0.05, 0) is 30.9 Å². The molecule has 0 bridgehead atoms. The van der Waals surface area contributed by atoms with Gasteiger partial charge in [-0.25, -0.2) is 0 Å². The molecule has 1 aromatic heterocycles. The Bertz CT molecular complexity index is 271. The van der Waals surface area contributed by atoms with Crippen molar-refractivity contribution >= 4 is 0 Å². The summed E-state index contributed by atoms with van der Waals surface area (Å²) in [6.45, 7) is 0. The number of furan rings is 1. The Labute approximate surface area is 91.8 Å². The van der Waals surface area contributed by atoms with Crippen molar-refractivity contribution in [3.8, 4) is 0 Å². The Kier molecular flexibility index (Phi) is 3.47. The average Bonchev–Trinajstić information content (AvgIpc) is 2.65. The van der Waals surface area contributed by atoms with Crippen LogP contribution in [0.2, 0.25) is 0 Å². The van der Waals surface area contributed by atoms with Gasteiger partial charge in [0.15, 0.2) is 0 Å². The van der Waals surface area contributed by atoms with Gasteiger partial charge in [0.25, 0.3) is 0 Å². The van der Waals surface area contributed by atoms with Gasteiger partial charge in [-0.3, -0.25) is 0 Å². The van der Waals surface area contributed by atoms with Crippen LogP contribution in [0.3, 0.4) is 0 Å². The fourth-order valence-electron chi connectivity index (χ4n) is 2.59. The molecule has 0 aromatic carbocycles. The lowest BCUT2D eigenvalue weighted by Crippen LogP contribution is -2.42. The first-order chi connectivity index (χ1) is 7.29. The van der Waals surface area contributed by atoms with Crippen LogP contribution in [0.4, 0.5) is 0 Å². The molecular formula is C13H21NO. The molecule has 1 aliphatic carbocycles. The van der Waals surface area contributed by atoms with Crippen molar-refractivity contribution in [2.24, 2.45) is 5.73 Å². The van der Waals surface area contributed by atoms with Crippen LogP contribution in [0.25, 0.3) is 0 Å². The minimum atomic E-state index is 0.0181. The highest BCUT2D eigenvalue weighted by Gasteiger charge is 2.25. The Hall–Kier alpha value is -0.760. The molecule has 1 aromatic rings. The van der Waals surface area contributed by atoms with Gasteiger partial charge in [0.1, 0.15) is 0 Å². The fourth-order valence-corrected chi connectivity index (χ4v) is 2.59. The van der Waals surface area contributed by atoms with Crippen LogP contribution in [0.15, 0.2) is 23.0 Å². The van der Waals surface area contributed by atoms with Crippen LogP contribution in [0.5, 0.6) is 0 Å². The van der Waals surface area contributed by atoms with Crippen molar-refractivity contribution in [3.63, 3.8) is 0 Å². The van der Waals surface area contributed by atoms with Crippen molar-refractivity contribution in [1.82, 2.24) is 0 Å². The van der Waals surface area contributed by atoms with Gasteiger partial charge in [0.05, 0.1) is 12.5 Å². The summed E-state index contributed by atoms with van der Waals surface area (Å²) in [6.07, 6.45) is 13.5. The topological polar surface area (TPSA) is 39.2 Å². The molecule has 0 aliphatic heterocycles. The van der Waals surface area contributed by atoms with Gasteiger partial charge >= 0.3 is 0 Å². The molecule has 0 spiro atoms.